The fraction of sp³-hybridized carbons (Fsp3) is 0.500. The van der Waals surface area contributed by atoms with Crippen LogP contribution in [-0.2, 0) is 35.9 Å². The number of aliphatic hydroxyl groups is 1. The minimum atomic E-state index is -2.02. The highest BCUT2D eigenvalue weighted by atomic mass is 16.5. The van der Waals surface area contributed by atoms with Crippen LogP contribution in [0.5, 0.6) is 0 Å². The van der Waals surface area contributed by atoms with Crippen molar-refractivity contribution < 1.29 is 29.0 Å². The minimum absolute atomic E-state index is 0.442. The normalized spacial score (nSPS) is 29.6. The SMILES string of the molecule is COC(=O)CC(=O)N1C(=O)C2C(Cc3cccc4c3C2(O)C(=O)N4C)C1(C)C. The summed E-state index contributed by atoms with van der Waals surface area (Å²) in [5, 5.41) is 11.6. The number of methoxy groups -OCH3 is 1. The van der Waals surface area contributed by atoms with Gasteiger partial charge < -0.3 is 14.7 Å². The van der Waals surface area contributed by atoms with Crippen LogP contribution in [0.25, 0.3) is 0 Å². The van der Waals surface area contributed by atoms with E-state index in [0.717, 1.165) is 10.5 Å². The first kappa shape index (κ1) is 18.6. The molecule has 0 bridgehead atoms. The molecule has 1 aromatic carbocycles. The first-order valence-electron chi connectivity index (χ1n) is 9.13. The predicted octanol–water partition coefficient (Wildman–Crippen LogP) is 0.350. The lowest BCUT2D eigenvalue weighted by molar-refractivity contribution is -0.158. The number of rotatable bonds is 2. The molecule has 2 aliphatic heterocycles. The highest BCUT2D eigenvalue weighted by Gasteiger charge is 2.69. The maximum atomic E-state index is 13.3. The Balaban J connectivity index is 1.85. The topological polar surface area (TPSA) is 104 Å². The highest BCUT2D eigenvalue weighted by Crippen LogP contribution is 2.58. The lowest BCUT2D eigenvalue weighted by atomic mass is 9.63. The standard InChI is InChI=1S/C20H22N2O6/c1-19(2)11-8-10-6-5-7-12-15(10)20(27,18(26)21(12)3)16(11)17(25)22(19)13(23)9-14(24)28-4/h5-7,11,16,27H,8-9H2,1-4H3. The Morgan fingerprint density at radius 1 is 1.29 bits per heavy atom. The van der Waals surface area contributed by atoms with Crippen molar-refractivity contribution in [2.24, 2.45) is 11.8 Å². The van der Waals surface area contributed by atoms with Crippen LogP contribution >= 0.6 is 0 Å². The van der Waals surface area contributed by atoms with Crippen LogP contribution in [0.3, 0.4) is 0 Å². The van der Waals surface area contributed by atoms with Gasteiger partial charge in [-0.1, -0.05) is 12.1 Å². The van der Waals surface area contributed by atoms with E-state index in [-0.39, 0.29) is 0 Å². The molecular formula is C20H22N2O6. The molecule has 8 nitrogen and oxygen atoms in total. The molecule has 3 unspecified atom stereocenters. The molecule has 3 aliphatic rings. The van der Waals surface area contributed by atoms with Gasteiger partial charge in [-0.3, -0.25) is 24.1 Å². The van der Waals surface area contributed by atoms with E-state index in [9.17, 15) is 24.3 Å². The maximum Gasteiger partial charge on any atom is 0.315 e. The minimum Gasteiger partial charge on any atom is -0.469 e. The first-order chi connectivity index (χ1) is 13.1. The molecule has 4 rings (SSSR count). The molecule has 8 heteroatoms. The maximum absolute atomic E-state index is 13.3. The van der Waals surface area contributed by atoms with Gasteiger partial charge in [0.15, 0.2) is 5.60 Å². The summed E-state index contributed by atoms with van der Waals surface area (Å²) >= 11 is 0. The average molecular weight is 386 g/mol. The van der Waals surface area contributed by atoms with Crippen LogP contribution in [0, 0.1) is 11.8 Å². The van der Waals surface area contributed by atoms with E-state index >= 15 is 0 Å². The van der Waals surface area contributed by atoms with Crippen molar-refractivity contribution in [3.8, 4) is 0 Å². The summed E-state index contributed by atoms with van der Waals surface area (Å²) in [7, 11) is 2.73. The summed E-state index contributed by atoms with van der Waals surface area (Å²) in [6.07, 6.45) is -0.131. The van der Waals surface area contributed by atoms with Gasteiger partial charge in [-0.15, -0.1) is 0 Å². The molecule has 1 fully saturated rings. The Hall–Kier alpha value is -2.74. The molecule has 28 heavy (non-hydrogen) atoms. The molecule has 1 aromatic rings. The van der Waals surface area contributed by atoms with Crippen molar-refractivity contribution in [3.05, 3.63) is 29.3 Å². The molecule has 0 aromatic heterocycles. The van der Waals surface area contributed by atoms with Crippen molar-refractivity contribution in [1.82, 2.24) is 4.90 Å². The molecular weight excluding hydrogens is 364 g/mol. The van der Waals surface area contributed by atoms with Gasteiger partial charge in [0.25, 0.3) is 5.91 Å². The second kappa shape index (κ2) is 5.64. The van der Waals surface area contributed by atoms with Gasteiger partial charge in [-0.05, 0) is 31.9 Å². The zero-order valence-electron chi connectivity index (χ0n) is 16.2. The summed E-state index contributed by atoms with van der Waals surface area (Å²) in [5.74, 6) is -4.20. The molecule has 2 heterocycles. The first-order valence-corrected chi connectivity index (χ1v) is 9.13. The zero-order chi connectivity index (χ0) is 20.6. The third-order valence-corrected chi connectivity index (χ3v) is 6.54. The van der Waals surface area contributed by atoms with Crippen molar-refractivity contribution in [1.29, 1.82) is 0 Å². The van der Waals surface area contributed by atoms with E-state index in [1.54, 1.807) is 27.0 Å². The Kier molecular flexibility index (Phi) is 3.75. The van der Waals surface area contributed by atoms with E-state index in [0.29, 0.717) is 17.7 Å². The predicted molar refractivity (Wildman–Crippen MR) is 97.0 cm³/mol. The number of nitrogens with zero attached hydrogens (tertiary/aromatic N) is 2. The molecule has 3 atom stereocenters. The number of amides is 3. The van der Waals surface area contributed by atoms with Crippen LogP contribution in [-0.4, -0.2) is 53.4 Å². The van der Waals surface area contributed by atoms with E-state index in [1.807, 2.05) is 12.1 Å². The molecule has 1 saturated heterocycles. The lowest BCUT2D eigenvalue weighted by Gasteiger charge is -2.40. The summed E-state index contributed by atoms with van der Waals surface area (Å²) in [5.41, 5.74) is -1.17. The average Bonchev–Trinajstić information content (AvgIpc) is 2.97. The number of hydrogen-bond donors (Lipinski definition) is 1. The molecule has 148 valence electrons. The third-order valence-electron chi connectivity index (χ3n) is 6.54. The van der Waals surface area contributed by atoms with Crippen molar-refractivity contribution in [2.75, 3.05) is 19.1 Å². The number of carbonyl (C=O) groups is 4. The molecule has 1 N–H and O–H groups in total. The molecule has 0 spiro atoms. The van der Waals surface area contributed by atoms with Gasteiger partial charge in [-0.2, -0.15) is 0 Å². The molecule has 0 saturated carbocycles. The summed E-state index contributed by atoms with van der Waals surface area (Å²) in [6, 6.07) is 5.39. The number of ether oxygens (including phenoxy) is 1. The van der Waals surface area contributed by atoms with Crippen LogP contribution in [0.4, 0.5) is 5.69 Å². The van der Waals surface area contributed by atoms with Gasteiger partial charge in [0.05, 0.1) is 18.7 Å². The Labute approximate surface area is 162 Å². The summed E-state index contributed by atoms with van der Waals surface area (Å²) in [4.78, 5) is 53.1. The van der Waals surface area contributed by atoms with Crippen molar-refractivity contribution in [2.45, 2.75) is 37.8 Å². The number of fused-ring (bicyclic) bond motifs is 2. The van der Waals surface area contributed by atoms with Crippen LogP contribution < -0.4 is 4.90 Å². The van der Waals surface area contributed by atoms with E-state index in [1.165, 1.54) is 12.0 Å². The Morgan fingerprint density at radius 3 is 2.61 bits per heavy atom. The van der Waals surface area contributed by atoms with Crippen LogP contribution in [0.15, 0.2) is 18.2 Å². The fourth-order valence-corrected chi connectivity index (χ4v) is 5.20. The van der Waals surface area contributed by atoms with Crippen LogP contribution in [0.2, 0.25) is 0 Å². The van der Waals surface area contributed by atoms with E-state index < -0.39 is 53.1 Å². The van der Waals surface area contributed by atoms with Gasteiger partial charge in [0.2, 0.25) is 11.8 Å². The second-order valence-corrected chi connectivity index (χ2v) is 8.20. The number of benzene rings is 1. The lowest BCUT2D eigenvalue weighted by Crippen LogP contribution is -2.52. The third kappa shape index (κ3) is 2.03. The highest BCUT2D eigenvalue weighted by molar-refractivity contribution is 6.13. The molecule has 1 aliphatic carbocycles. The van der Waals surface area contributed by atoms with Gasteiger partial charge in [0, 0.05) is 24.1 Å². The number of likely N-dealkylation sites (tertiary alicyclic amines) is 1. The zero-order valence-corrected chi connectivity index (χ0v) is 16.2. The van der Waals surface area contributed by atoms with E-state index in [4.69, 9.17) is 0 Å². The number of carbonyl (C=O) groups excluding carboxylic acids is 4. The second-order valence-electron chi connectivity index (χ2n) is 8.20. The number of esters is 1. The van der Waals surface area contributed by atoms with Crippen molar-refractivity contribution in [3.63, 3.8) is 0 Å². The van der Waals surface area contributed by atoms with Crippen molar-refractivity contribution >= 4 is 29.4 Å². The van der Waals surface area contributed by atoms with Gasteiger partial charge >= 0.3 is 5.97 Å². The molecule has 3 amide bonds. The smallest absolute Gasteiger partial charge is 0.315 e. The Morgan fingerprint density at radius 2 is 1.96 bits per heavy atom. The number of anilines is 1. The monoisotopic (exact) mass is 386 g/mol. The van der Waals surface area contributed by atoms with Gasteiger partial charge in [0.1, 0.15) is 6.42 Å². The summed E-state index contributed by atoms with van der Waals surface area (Å²) < 4.78 is 4.55. The van der Waals surface area contributed by atoms with E-state index in [2.05, 4.69) is 4.74 Å². The van der Waals surface area contributed by atoms with Crippen LogP contribution in [0.1, 0.15) is 31.4 Å². The number of likely N-dealkylation sites (N-methyl/N-ethyl adjacent to an activating group) is 1. The summed E-state index contributed by atoms with van der Waals surface area (Å²) in [6.45, 7) is 3.46. The molecule has 0 radical (unpaired) electrons. The number of imide groups is 1. The Bertz CT molecular complexity index is 939. The van der Waals surface area contributed by atoms with Gasteiger partial charge in [-0.25, -0.2) is 0 Å². The number of hydrogen-bond acceptors (Lipinski definition) is 6. The quantitative estimate of drug-likeness (QED) is 0.581. The fourth-order valence-electron chi connectivity index (χ4n) is 5.20. The largest absolute Gasteiger partial charge is 0.469 e.